The molecule has 0 spiro atoms. The topological polar surface area (TPSA) is 96.1 Å². The molecule has 0 fully saturated rings. The smallest absolute Gasteiger partial charge is 0.237 e. The van der Waals surface area contributed by atoms with E-state index in [1.807, 2.05) is 36.4 Å². The summed E-state index contributed by atoms with van der Waals surface area (Å²) in [6.45, 7) is 0.228. The summed E-state index contributed by atoms with van der Waals surface area (Å²) in [5.74, 6) is 2.86. The summed E-state index contributed by atoms with van der Waals surface area (Å²) in [5.41, 5.74) is 2.63. The van der Waals surface area contributed by atoms with Crippen molar-refractivity contribution in [3.63, 3.8) is 0 Å². The lowest BCUT2D eigenvalue weighted by Gasteiger charge is -2.02. The van der Waals surface area contributed by atoms with Gasteiger partial charge in [-0.25, -0.2) is 9.97 Å². The molecule has 1 aliphatic heterocycles. The summed E-state index contributed by atoms with van der Waals surface area (Å²) in [7, 11) is 0. The fraction of sp³-hybridized carbons (Fsp3) is 0.105. The first-order chi connectivity index (χ1) is 13.8. The molecular weight excluding hydrogens is 378 g/mol. The van der Waals surface area contributed by atoms with Crippen LogP contribution in [0, 0.1) is 0 Å². The maximum atomic E-state index is 5.39. The summed E-state index contributed by atoms with van der Waals surface area (Å²) < 4.78 is 16.1. The molecular formula is C19H13N5O3S. The van der Waals surface area contributed by atoms with Gasteiger partial charge in [-0.05, 0) is 36.4 Å². The predicted octanol–water partition coefficient (Wildman–Crippen LogP) is 3.61. The van der Waals surface area contributed by atoms with Crippen LogP contribution < -0.4 is 9.47 Å². The van der Waals surface area contributed by atoms with E-state index >= 15 is 0 Å². The molecule has 0 saturated heterocycles. The van der Waals surface area contributed by atoms with Gasteiger partial charge in [-0.1, -0.05) is 16.9 Å². The summed E-state index contributed by atoms with van der Waals surface area (Å²) >= 11 is 1.43. The lowest BCUT2D eigenvalue weighted by atomic mass is 10.2. The quantitative estimate of drug-likeness (QED) is 0.373. The number of pyridine rings is 1. The average Bonchev–Trinajstić information content (AvgIpc) is 3.42. The zero-order valence-electron chi connectivity index (χ0n) is 14.5. The molecule has 4 aromatic rings. The molecule has 0 aliphatic carbocycles. The van der Waals surface area contributed by atoms with Gasteiger partial charge in [-0.3, -0.25) is 4.98 Å². The van der Waals surface area contributed by atoms with E-state index in [1.54, 1.807) is 18.6 Å². The van der Waals surface area contributed by atoms with E-state index in [2.05, 4.69) is 25.1 Å². The third-order valence-electron chi connectivity index (χ3n) is 4.03. The Kier molecular flexibility index (Phi) is 4.34. The Bertz CT molecular complexity index is 1120. The van der Waals surface area contributed by atoms with Crippen molar-refractivity contribution < 1.29 is 14.0 Å². The largest absolute Gasteiger partial charge is 0.454 e. The van der Waals surface area contributed by atoms with Gasteiger partial charge in [0, 0.05) is 29.7 Å². The lowest BCUT2D eigenvalue weighted by Crippen LogP contribution is -1.92. The Morgan fingerprint density at radius 3 is 2.71 bits per heavy atom. The minimum Gasteiger partial charge on any atom is -0.454 e. The lowest BCUT2D eigenvalue weighted by molar-refractivity contribution is 0.174. The second-order valence-electron chi connectivity index (χ2n) is 5.83. The highest BCUT2D eigenvalue weighted by molar-refractivity contribution is 7.98. The van der Waals surface area contributed by atoms with Crippen molar-refractivity contribution in [3.05, 3.63) is 60.9 Å². The normalized spacial score (nSPS) is 12.3. The third kappa shape index (κ3) is 3.39. The number of hydrogen-bond donors (Lipinski definition) is 0. The number of nitrogens with zero attached hydrogens (tertiary/aromatic N) is 5. The number of thioether (sulfide) groups is 1. The van der Waals surface area contributed by atoms with Crippen molar-refractivity contribution in [3.8, 4) is 34.1 Å². The molecule has 9 heteroatoms. The first-order valence-electron chi connectivity index (χ1n) is 8.44. The monoisotopic (exact) mass is 391 g/mol. The molecule has 28 heavy (non-hydrogen) atoms. The van der Waals surface area contributed by atoms with E-state index in [4.69, 9.17) is 14.0 Å². The maximum absolute atomic E-state index is 5.39. The molecule has 5 rings (SSSR count). The Hall–Kier alpha value is -3.46. The molecule has 3 aromatic heterocycles. The van der Waals surface area contributed by atoms with Crippen LogP contribution in [-0.2, 0) is 5.75 Å². The zero-order chi connectivity index (χ0) is 18.8. The Balaban J connectivity index is 1.29. The summed E-state index contributed by atoms with van der Waals surface area (Å²) in [6.07, 6.45) is 5.21. The SMILES string of the molecule is c1cc(-c2ccnc(SCc3nc(-c4ccc5c(c4)OCO5)no3)n2)ccn1. The van der Waals surface area contributed by atoms with Crippen molar-refractivity contribution in [2.45, 2.75) is 10.9 Å². The van der Waals surface area contributed by atoms with Crippen molar-refractivity contribution in [1.29, 1.82) is 0 Å². The molecule has 8 nitrogen and oxygen atoms in total. The highest BCUT2D eigenvalue weighted by atomic mass is 32.2. The molecule has 0 N–H and O–H groups in total. The van der Waals surface area contributed by atoms with E-state index in [-0.39, 0.29) is 6.79 Å². The predicted molar refractivity (Wildman–Crippen MR) is 101 cm³/mol. The van der Waals surface area contributed by atoms with Crippen LogP contribution >= 0.6 is 11.8 Å². The molecule has 1 aliphatic rings. The van der Waals surface area contributed by atoms with Crippen LogP contribution in [-0.4, -0.2) is 31.9 Å². The maximum Gasteiger partial charge on any atom is 0.237 e. The van der Waals surface area contributed by atoms with E-state index in [0.717, 1.165) is 16.8 Å². The first-order valence-corrected chi connectivity index (χ1v) is 9.42. The summed E-state index contributed by atoms with van der Waals surface area (Å²) in [5, 5.41) is 4.68. The van der Waals surface area contributed by atoms with Crippen LogP contribution in [0.2, 0.25) is 0 Å². The standard InChI is InChI=1S/C19H13N5O3S/c1-2-15-16(26-11-25-15)9-13(1)18-23-17(27-24-18)10-28-19-21-8-5-14(22-19)12-3-6-20-7-4-12/h1-9H,10-11H2. The summed E-state index contributed by atoms with van der Waals surface area (Å²) in [6, 6.07) is 11.2. The summed E-state index contributed by atoms with van der Waals surface area (Å²) in [4.78, 5) is 17.3. The van der Waals surface area contributed by atoms with Crippen molar-refractivity contribution in [1.82, 2.24) is 25.1 Å². The number of ether oxygens (including phenoxy) is 2. The zero-order valence-corrected chi connectivity index (χ0v) is 15.3. The molecule has 4 heterocycles. The molecule has 0 unspecified atom stereocenters. The van der Waals surface area contributed by atoms with Crippen molar-refractivity contribution in [2.24, 2.45) is 0 Å². The first kappa shape index (κ1) is 16.7. The third-order valence-corrected chi connectivity index (χ3v) is 4.88. The van der Waals surface area contributed by atoms with Gasteiger partial charge in [0.15, 0.2) is 16.7 Å². The van der Waals surface area contributed by atoms with E-state index in [9.17, 15) is 0 Å². The average molecular weight is 391 g/mol. The van der Waals surface area contributed by atoms with Crippen LogP contribution in [0.3, 0.4) is 0 Å². The second-order valence-corrected chi connectivity index (χ2v) is 6.77. The van der Waals surface area contributed by atoms with Crippen LogP contribution in [0.5, 0.6) is 11.5 Å². The van der Waals surface area contributed by atoms with Crippen molar-refractivity contribution in [2.75, 3.05) is 6.79 Å². The molecule has 0 radical (unpaired) electrons. The Morgan fingerprint density at radius 1 is 0.893 bits per heavy atom. The fourth-order valence-corrected chi connectivity index (χ4v) is 3.35. The number of fused-ring (bicyclic) bond motifs is 1. The van der Waals surface area contributed by atoms with Crippen LogP contribution in [0.4, 0.5) is 0 Å². The highest BCUT2D eigenvalue weighted by Gasteiger charge is 2.17. The minimum atomic E-state index is 0.228. The number of aromatic nitrogens is 5. The number of hydrogen-bond acceptors (Lipinski definition) is 9. The van der Waals surface area contributed by atoms with E-state index in [1.165, 1.54) is 11.8 Å². The highest BCUT2D eigenvalue weighted by Crippen LogP contribution is 2.35. The fourth-order valence-electron chi connectivity index (χ4n) is 2.69. The van der Waals surface area contributed by atoms with Gasteiger partial charge in [0.25, 0.3) is 0 Å². The Labute approximate surface area is 164 Å². The van der Waals surface area contributed by atoms with Crippen molar-refractivity contribution >= 4 is 11.8 Å². The van der Waals surface area contributed by atoms with Crippen LogP contribution in [0.25, 0.3) is 22.6 Å². The van der Waals surface area contributed by atoms with Gasteiger partial charge in [0.1, 0.15) is 0 Å². The molecule has 0 saturated carbocycles. The van der Waals surface area contributed by atoms with Gasteiger partial charge in [0.05, 0.1) is 11.4 Å². The van der Waals surface area contributed by atoms with Gasteiger partial charge < -0.3 is 14.0 Å². The Morgan fingerprint density at radius 2 is 1.79 bits per heavy atom. The molecule has 138 valence electrons. The number of rotatable bonds is 5. The molecule has 0 amide bonds. The second kappa shape index (κ2) is 7.28. The van der Waals surface area contributed by atoms with Gasteiger partial charge >= 0.3 is 0 Å². The molecule has 1 aromatic carbocycles. The van der Waals surface area contributed by atoms with Crippen LogP contribution in [0.15, 0.2) is 64.7 Å². The van der Waals surface area contributed by atoms with E-state index in [0.29, 0.717) is 34.1 Å². The molecule has 0 bridgehead atoms. The van der Waals surface area contributed by atoms with Gasteiger partial charge in [-0.15, -0.1) is 0 Å². The van der Waals surface area contributed by atoms with Gasteiger partial charge in [0.2, 0.25) is 18.5 Å². The minimum absolute atomic E-state index is 0.228. The van der Waals surface area contributed by atoms with Gasteiger partial charge in [-0.2, -0.15) is 4.98 Å². The molecule has 0 atom stereocenters. The van der Waals surface area contributed by atoms with Crippen LogP contribution in [0.1, 0.15) is 5.89 Å². The van der Waals surface area contributed by atoms with E-state index < -0.39 is 0 Å². The number of benzene rings is 1.